The molecule has 6 nitrogen and oxygen atoms in total. The van der Waals surface area contributed by atoms with E-state index in [1.54, 1.807) is 24.3 Å². The van der Waals surface area contributed by atoms with Crippen LogP contribution in [0.2, 0.25) is 0 Å². The zero-order chi connectivity index (χ0) is 16.8. The number of amides is 1. The number of rotatable bonds is 6. The first-order chi connectivity index (χ1) is 11.0. The third-order valence-corrected chi connectivity index (χ3v) is 3.41. The molecular weight excluding hydrogens is 366 g/mol. The Hall–Kier alpha value is -2.54. The molecule has 7 heteroatoms. The second-order valence-electron chi connectivity index (χ2n) is 4.50. The van der Waals surface area contributed by atoms with E-state index in [4.69, 9.17) is 9.47 Å². The maximum Gasteiger partial charge on any atom is 0.262 e. The van der Waals surface area contributed by atoms with Crippen molar-refractivity contribution in [3.8, 4) is 11.5 Å². The number of nitrogens with one attached hydrogen (secondary N) is 1. The molecule has 23 heavy (non-hydrogen) atoms. The van der Waals surface area contributed by atoms with E-state index in [9.17, 15) is 14.7 Å². The third-order valence-electron chi connectivity index (χ3n) is 2.89. The highest BCUT2D eigenvalue weighted by atomic mass is 79.9. The molecule has 0 spiro atoms. The van der Waals surface area contributed by atoms with E-state index >= 15 is 0 Å². The Bertz CT molecular complexity index is 715. The maximum absolute atomic E-state index is 11.9. The molecule has 0 bridgehead atoms. The Morgan fingerprint density at radius 3 is 2.43 bits per heavy atom. The van der Waals surface area contributed by atoms with Crippen molar-refractivity contribution in [2.45, 2.75) is 0 Å². The molecule has 0 unspecified atom stereocenters. The van der Waals surface area contributed by atoms with Gasteiger partial charge in [0.1, 0.15) is 0 Å². The molecule has 0 aliphatic heterocycles. The number of halogens is 1. The minimum atomic E-state index is -1.32. The second-order valence-corrected chi connectivity index (χ2v) is 5.41. The van der Waals surface area contributed by atoms with E-state index < -0.39 is 5.97 Å². The van der Waals surface area contributed by atoms with Crippen LogP contribution in [-0.4, -0.2) is 25.6 Å². The summed E-state index contributed by atoms with van der Waals surface area (Å²) in [4.78, 5) is 22.7. The Kier molecular flexibility index (Phi) is 5.59. The number of carboxylic acids is 1. The number of carbonyl (C=O) groups excluding carboxylic acids is 2. The lowest BCUT2D eigenvalue weighted by Crippen LogP contribution is -2.22. The number of carboxylic acid groups (broad SMARTS) is 1. The maximum atomic E-state index is 11.9. The van der Waals surface area contributed by atoms with Crippen molar-refractivity contribution in [1.29, 1.82) is 0 Å². The van der Waals surface area contributed by atoms with Crippen molar-refractivity contribution >= 4 is 33.5 Å². The summed E-state index contributed by atoms with van der Waals surface area (Å²) in [5, 5.41) is 13.5. The summed E-state index contributed by atoms with van der Waals surface area (Å²) in [6.07, 6.45) is 0. The summed E-state index contributed by atoms with van der Waals surface area (Å²) in [5.41, 5.74) is 0.606. The molecule has 0 saturated heterocycles. The van der Waals surface area contributed by atoms with E-state index in [0.29, 0.717) is 5.69 Å². The number of aromatic carboxylic acids is 1. The van der Waals surface area contributed by atoms with E-state index in [-0.39, 0.29) is 29.6 Å². The zero-order valence-corrected chi connectivity index (χ0v) is 13.8. The molecule has 0 aromatic heterocycles. The zero-order valence-electron chi connectivity index (χ0n) is 12.2. The number of anilines is 1. The fourth-order valence-electron chi connectivity index (χ4n) is 1.79. The molecular formula is C16H13BrNO5-. The lowest BCUT2D eigenvalue weighted by Gasteiger charge is -2.12. The summed E-state index contributed by atoms with van der Waals surface area (Å²) < 4.78 is 11.3. The Morgan fingerprint density at radius 2 is 1.83 bits per heavy atom. The van der Waals surface area contributed by atoms with Crippen LogP contribution >= 0.6 is 15.9 Å². The van der Waals surface area contributed by atoms with Gasteiger partial charge in [-0.05, 0) is 42.5 Å². The van der Waals surface area contributed by atoms with Crippen LogP contribution in [-0.2, 0) is 4.79 Å². The highest BCUT2D eigenvalue weighted by Crippen LogP contribution is 2.27. The van der Waals surface area contributed by atoms with Crippen molar-refractivity contribution in [2.75, 3.05) is 19.0 Å². The molecule has 1 N–H and O–H groups in total. The van der Waals surface area contributed by atoms with Gasteiger partial charge in [0.2, 0.25) is 0 Å². The van der Waals surface area contributed by atoms with Gasteiger partial charge in [-0.3, -0.25) is 4.79 Å². The van der Waals surface area contributed by atoms with Crippen LogP contribution in [0.4, 0.5) is 5.69 Å². The van der Waals surface area contributed by atoms with Crippen molar-refractivity contribution in [3.63, 3.8) is 0 Å². The molecule has 2 rings (SSSR count). The molecule has 2 aromatic carbocycles. The third kappa shape index (κ3) is 4.72. The van der Waals surface area contributed by atoms with Gasteiger partial charge in [-0.1, -0.05) is 15.9 Å². The first-order valence-electron chi connectivity index (χ1n) is 6.57. The van der Waals surface area contributed by atoms with Crippen LogP contribution in [0.5, 0.6) is 11.5 Å². The number of methoxy groups -OCH3 is 1. The van der Waals surface area contributed by atoms with Crippen molar-refractivity contribution in [2.24, 2.45) is 0 Å². The molecule has 0 heterocycles. The minimum absolute atomic E-state index is 0.0338. The van der Waals surface area contributed by atoms with E-state index in [1.807, 2.05) is 0 Å². The Balaban J connectivity index is 1.98. The lowest BCUT2D eigenvalue weighted by molar-refractivity contribution is -0.255. The largest absolute Gasteiger partial charge is 0.545 e. The first-order valence-corrected chi connectivity index (χ1v) is 7.36. The van der Waals surface area contributed by atoms with Gasteiger partial charge < -0.3 is 24.7 Å². The van der Waals surface area contributed by atoms with E-state index in [1.165, 1.54) is 25.3 Å². The van der Waals surface area contributed by atoms with Crippen molar-refractivity contribution in [3.05, 3.63) is 52.5 Å². The molecule has 0 fully saturated rings. The molecule has 0 atom stereocenters. The van der Waals surface area contributed by atoms with Crippen LogP contribution in [0.1, 0.15) is 10.4 Å². The quantitative estimate of drug-likeness (QED) is 0.828. The van der Waals surface area contributed by atoms with Crippen molar-refractivity contribution in [1.82, 2.24) is 0 Å². The number of ether oxygens (including phenoxy) is 2. The van der Waals surface area contributed by atoms with E-state index in [0.717, 1.165) is 4.47 Å². The summed E-state index contributed by atoms with van der Waals surface area (Å²) in [5.74, 6) is -1.19. The average Bonchev–Trinajstić information content (AvgIpc) is 2.54. The van der Waals surface area contributed by atoms with Crippen molar-refractivity contribution < 1.29 is 24.2 Å². The predicted octanol–water partition coefficient (Wildman–Crippen LogP) is 1.84. The molecule has 1 amide bonds. The average molecular weight is 379 g/mol. The van der Waals surface area contributed by atoms with Crippen LogP contribution < -0.4 is 19.9 Å². The summed E-state index contributed by atoms with van der Waals surface area (Å²) in [7, 11) is 1.38. The Labute approximate surface area is 141 Å². The van der Waals surface area contributed by atoms with E-state index in [2.05, 4.69) is 21.2 Å². The van der Waals surface area contributed by atoms with Crippen LogP contribution in [0, 0.1) is 0 Å². The summed E-state index contributed by atoms with van der Waals surface area (Å²) in [6.45, 7) is -0.239. The lowest BCUT2D eigenvalue weighted by atomic mass is 10.2. The van der Waals surface area contributed by atoms with Gasteiger partial charge >= 0.3 is 0 Å². The van der Waals surface area contributed by atoms with Gasteiger partial charge in [0.15, 0.2) is 18.1 Å². The topological polar surface area (TPSA) is 87.7 Å². The molecule has 2 aromatic rings. The van der Waals surface area contributed by atoms with Gasteiger partial charge in [-0.15, -0.1) is 0 Å². The number of hydrogen-bond donors (Lipinski definition) is 1. The fourth-order valence-corrected chi connectivity index (χ4v) is 2.05. The molecule has 0 aliphatic rings. The standard InChI is InChI=1S/C16H14BrNO5/c1-22-14-8-10(16(20)21)2-7-13(14)23-9-15(19)18-12-5-3-11(17)4-6-12/h2-8H,9H2,1H3,(H,18,19)(H,20,21)/p-1. The Morgan fingerprint density at radius 1 is 1.13 bits per heavy atom. The van der Waals surface area contributed by atoms with Gasteiger partial charge in [-0.25, -0.2) is 0 Å². The monoisotopic (exact) mass is 378 g/mol. The number of benzene rings is 2. The number of carbonyl (C=O) groups is 2. The van der Waals surface area contributed by atoms with Gasteiger partial charge in [0.25, 0.3) is 5.91 Å². The highest BCUT2D eigenvalue weighted by Gasteiger charge is 2.09. The van der Waals surface area contributed by atoms with Gasteiger partial charge in [0.05, 0.1) is 13.1 Å². The predicted molar refractivity (Wildman–Crippen MR) is 85.6 cm³/mol. The van der Waals surface area contributed by atoms with Crippen LogP contribution in [0.3, 0.4) is 0 Å². The number of hydrogen-bond acceptors (Lipinski definition) is 5. The molecule has 0 radical (unpaired) electrons. The molecule has 0 saturated carbocycles. The van der Waals surface area contributed by atoms with Gasteiger partial charge in [-0.2, -0.15) is 0 Å². The van der Waals surface area contributed by atoms with Crippen LogP contribution in [0.15, 0.2) is 46.9 Å². The normalized spacial score (nSPS) is 10.0. The highest BCUT2D eigenvalue weighted by molar-refractivity contribution is 9.10. The van der Waals surface area contributed by atoms with Crippen LogP contribution in [0.25, 0.3) is 0 Å². The minimum Gasteiger partial charge on any atom is -0.545 e. The molecule has 120 valence electrons. The smallest absolute Gasteiger partial charge is 0.262 e. The summed E-state index contributed by atoms with van der Waals surface area (Å²) in [6, 6.07) is 11.1. The van der Waals surface area contributed by atoms with Gasteiger partial charge in [0, 0.05) is 15.7 Å². The first kappa shape index (κ1) is 16.8. The fraction of sp³-hybridized carbons (Fsp3) is 0.125. The second kappa shape index (κ2) is 7.64. The summed E-state index contributed by atoms with van der Waals surface area (Å²) >= 11 is 3.31. The SMILES string of the molecule is COc1cc(C(=O)[O-])ccc1OCC(=O)Nc1ccc(Br)cc1. The molecule has 0 aliphatic carbocycles.